The number of carbonyl (C=O) groups is 2. The molecule has 0 aliphatic heterocycles. The van der Waals surface area contributed by atoms with Crippen molar-refractivity contribution in [2.24, 2.45) is 21.5 Å². The van der Waals surface area contributed by atoms with Gasteiger partial charge in [0.2, 0.25) is 29.8 Å². The summed E-state index contributed by atoms with van der Waals surface area (Å²) < 4.78 is 10.1. The highest BCUT2D eigenvalue weighted by Gasteiger charge is 2.40. The molecule has 2 atom stereocenters. The van der Waals surface area contributed by atoms with Gasteiger partial charge in [0.1, 0.15) is 0 Å². The van der Waals surface area contributed by atoms with Crippen LogP contribution in [0.5, 0.6) is 0 Å². The minimum absolute atomic E-state index is 0.0244. The van der Waals surface area contributed by atoms with Gasteiger partial charge in [0, 0.05) is 19.3 Å². The Kier molecular flexibility index (Phi) is 11.9. The van der Waals surface area contributed by atoms with Crippen LogP contribution in [-0.4, -0.2) is 65.7 Å². The minimum atomic E-state index is -1.94. The van der Waals surface area contributed by atoms with E-state index in [0.717, 1.165) is 0 Å². The van der Waals surface area contributed by atoms with E-state index in [9.17, 15) is 19.2 Å². The summed E-state index contributed by atoms with van der Waals surface area (Å²) in [5.74, 6) is -1.24. The van der Waals surface area contributed by atoms with Gasteiger partial charge in [-0.15, -0.1) is 0 Å². The average Bonchev–Trinajstić information content (AvgIpc) is 2.64. The summed E-state index contributed by atoms with van der Waals surface area (Å²) in [6.07, 6.45) is 4.85. The van der Waals surface area contributed by atoms with Crippen molar-refractivity contribution in [1.82, 2.24) is 0 Å². The number of esters is 2. The number of carbonyl (C=O) groups excluding carboxylic acids is 4. The highest BCUT2D eigenvalue weighted by atomic mass is 32.2. The van der Waals surface area contributed by atoms with Crippen LogP contribution in [0.15, 0.2) is 9.98 Å². The van der Waals surface area contributed by atoms with Crippen molar-refractivity contribution in [2.75, 3.05) is 24.0 Å². The van der Waals surface area contributed by atoms with Gasteiger partial charge in [0.15, 0.2) is 0 Å². The van der Waals surface area contributed by atoms with E-state index in [0.29, 0.717) is 11.5 Å². The number of hydrogen-bond acceptors (Lipinski definition) is 12. The summed E-state index contributed by atoms with van der Waals surface area (Å²) in [7, 11) is 0. The van der Waals surface area contributed by atoms with Gasteiger partial charge in [-0.05, 0) is 24.0 Å². The molecule has 0 rings (SSSR count). The lowest BCUT2D eigenvalue weighted by molar-refractivity contribution is -0.195. The van der Waals surface area contributed by atoms with Crippen molar-refractivity contribution in [3.63, 3.8) is 0 Å². The molecule has 0 amide bonds. The minimum Gasteiger partial charge on any atom is -0.422 e. The third-order valence-corrected chi connectivity index (χ3v) is 4.61. The van der Waals surface area contributed by atoms with Gasteiger partial charge in [0.25, 0.3) is 0 Å². The highest BCUT2D eigenvalue weighted by Crippen LogP contribution is 2.19. The zero-order chi connectivity index (χ0) is 20.9. The van der Waals surface area contributed by atoms with E-state index < -0.39 is 29.6 Å². The van der Waals surface area contributed by atoms with Crippen molar-refractivity contribution in [3.8, 4) is 0 Å². The summed E-state index contributed by atoms with van der Waals surface area (Å²) in [5.41, 5.74) is 7.75. The number of thioether (sulfide) groups is 2. The predicted molar refractivity (Wildman–Crippen MR) is 102 cm³/mol. The standard InChI is InChI=1S/C15H24N4O6S2/c1-4-11(24-12(22)14(16,18-9-20)5-7-26-2)25-13(23)15(17,19-10-21)6-8-27-3/h11H,4-8,16-17H2,1-3H3. The fourth-order valence-electron chi connectivity index (χ4n) is 1.72. The van der Waals surface area contributed by atoms with E-state index in [1.54, 1.807) is 19.4 Å². The number of aliphatic imine (C=N–C) groups is 2. The van der Waals surface area contributed by atoms with Gasteiger partial charge in [0.05, 0.1) is 0 Å². The Morgan fingerprint density at radius 3 is 1.59 bits per heavy atom. The SMILES string of the molecule is CCC(OC(=O)C(N)(CCSC)N=C=O)OC(=O)C(N)(CCSC)N=C=O. The van der Waals surface area contributed by atoms with E-state index in [-0.39, 0.29) is 19.3 Å². The molecule has 0 heterocycles. The van der Waals surface area contributed by atoms with E-state index in [1.165, 1.54) is 35.7 Å². The molecule has 0 aliphatic carbocycles. The molecule has 0 saturated carbocycles. The molecule has 0 saturated heterocycles. The zero-order valence-corrected chi connectivity index (χ0v) is 17.1. The fourth-order valence-corrected chi connectivity index (χ4v) is 2.75. The first kappa shape index (κ1) is 25.3. The molecule has 0 aromatic carbocycles. The van der Waals surface area contributed by atoms with Crippen LogP contribution in [0.4, 0.5) is 0 Å². The van der Waals surface area contributed by atoms with Crippen molar-refractivity contribution in [2.45, 2.75) is 43.8 Å². The maximum Gasteiger partial charge on any atom is 0.352 e. The van der Waals surface area contributed by atoms with Crippen LogP contribution in [0.3, 0.4) is 0 Å². The summed E-state index contributed by atoms with van der Waals surface area (Å²) >= 11 is 2.79. The normalized spacial score (nSPS) is 15.9. The molecular formula is C15H24N4O6S2. The van der Waals surface area contributed by atoms with Crippen LogP contribution in [0.25, 0.3) is 0 Å². The third-order valence-electron chi connectivity index (χ3n) is 3.38. The van der Waals surface area contributed by atoms with Crippen LogP contribution in [0.1, 0.15) is 26.2 Å². The second-order valence-corrected chi connectivity index (χ2v) is 7.36. The van der Waals surface area contributed by atoms with Crippen LogP contribution < -0.4 is 11.5 Å². The molecule has 27 heavy (non-hydrogen) atoms. The van der Waals surface area contributed by atoms with Crippen LogP contribution in [0, 0.1) is 0 Å². The Morgan fingerprint density at radius 1 is 0.963 bits per heavy atom. The van der Waals surface area contributed by atoms with Gasteiger partial charge in [-0.2, -0.15) is 33.5 Å². The Bertz CT molecular complexity index is 559. The van der Waals surface area contributed by atoms with Crippen LogP contribution in [0.2, 0.25) is 0 Å². The van der Waals surface area contributed by atoms with E-state index >= 15 is 0 Å². The predicted octanol–water partition coefficient (Wildman–Crippen LogP) is 0.297. The number of nitrogens with zero attached hydrogens (tertiary/aromatic N) is 2. The maximum absolute atomic E-state index is 12.3. The molecule has 4 N–H and O–H groups in total. The van der Waals surface area contributed by atoms with Crippen molar-refractivity contribution < 1.29 is 28.7 Å². The topological polar surface area (TPSA) is 164 Å². The number of isocyanates is 2. The fraction of sp³-hybridized carbons (Fsp3) is 0.733. The number of rotatable bonds is 13. The van der Waals surface area contributed by atoms with E-state index in [4.69, 9.17) is 20.9 Å². The number of ether oxygens (including phenoxy) is 2. The molecule has 0 aromatic heterocycles. The number of hydrogen-bond donors (Lipinski definition) is 2. The van der Waals surface area contributed by atoms with E-state index in [1.807, 2.05) is 0 Å². The molecule has 0 spiro atoms. The van der Waals surface area contributed by atoms with Crippen LogP contribution >= 0.6 is 23.5 Å². The Balaban J connectivity index is 5.25. The first-order valence-electron chi connectivity index (χ1n) is 7.88. The average molecular weight is 421 g/mol. The Morgan fingerprint density at radius 2 is 1.33 bits per heavy atom. The molecule has 0 radical (unpaired) electrons. The molecule has 0 bridgehead atoms. The zero-order valence-electron chi connectivity index (χ0n) is 15.4. The number of nitrogens with two attached hydrogens (primary N) is 2. The summed E-state index contributed by atoms with van der Waals surface area (Å²) in [6.45, 7) is 1.58. The van der Waals surface area contributed by atoms with Crippen molar-refractivity contribution in [1.29, 1.82) is 0 Å². The molecular weight excluding hydrogens is 396 g/mol. The quantitative estimate of drug-likeness (QED) is 0.183. The monoisotopic (exact) mass is 420 g/mol. The molecule has 2 unspecified atom stereocenters. The van der Waals surface area contributed by atoms with Gasteiger partial charge >= 0.3 is 11.9 Å². The molecule has 152 valence electrons. The Labute approximate surface area is 165 Å². The van der Waals surface area contributed by atoms with Gasteiger partial charge < -0.3 is 9.47 Å². The largest absolute Gasteiger partial charge is 0.422 e. The lowest BCUT2D eigenvalue weighted by Crippen LogP contribution is -2.51. The lowest BCUT2D eigenvalue weighted by Gasteiger charge is -2.27. The van der Waals surface area contributed by atoms with Crippen LogP contribution in [-0.2, 0) is 28.7 Å². The van der Waals surface area contributed by atoms with Gasteiger partial charge in [-0.3, -0.25) is 11.5 Å². The second kappa shape index (κ2) is 12.7. The lowest BCUT2D eigenvalue weighted by atomic mass is 10.1. The van der Waals surface area contributed by atoms with Gasteiger partial charge in [-0.1, -0.05) is 6.92 Å². The summed E-state index contributed by atoms with van der Waals surface area (Å²) in [5, 5.41) is 0. The molecule has 0 aliphatic rings. The molecule has 12 heteroatoms. The summed E-state index contributed by atoms with van der Waals surface area (Å²) in [4.78, 5) is 52.5. The molecule has 0 aromatic rings. The van der Waals surface area contributed by atoms with Crippen molar-refractivity contribution >= 4 is 47.6 Å². The molecule has 0 fully saturated rings. The first-order valence-corrected chi connectivity index (χ1v) is 10.7. The summed E-state index contributed by atoms with van der Waals surface area (Å²) in [6, 6.07) is 0. The highest BCUT2D eigenvalue weighted by molar-refractivity contribution is 7.98. The maximum atomic E-state index is 12.3. The first-order chi connectivity index (χ1) is 12.7. The van der Waals surface area contributed by atoms with Crippen molar-refractivity contribution in [3.05, 3.63) is 0 Å². The molecule has 10 nitrogen and oxygen atoms in total. The third kappa shape index (κ3) is 8.25. The van der Waals surface area contributed by atoms with E-state index in [2.05, 4.69) is 9.98 Å². The van der Waals surface area contributed by atoms with Gasteiger partial charge in [-0.25, -0.2) is 19.2 Å². The smallest absolute Gasteiger partial charge is 0.352 e. The Hall–Kier alpha value is -1.68. The second-order valence-electron chi connectivity index (χ2n) is 5.39.